The van der Waals surface area contributed by atoms with Crippen LogP contribution in [0.5, 0.6) is 0 Å². The van der Waals surface area contributed by atoms with Crippen LogP contribution in [-0.4, -0.2) is 34.5 Å². The lowest BCUT2D eigenvalue weighted by molar-refractivity contribution is -0.145. The maximum Gasteiger partial charge on any atom is 0.315 e. The molecule has 0 aromatic heterocycles. The lowest BCUT2D eigenvalue weighted by Crippen LogP contribution is -2.33. The summed E-state index contributed by atoms with van der Waals surface area (Å²) in [6.45, 7) is 3.45. The van der Waals surface area contributed by atoms with Gasteiger partial charge in [0, 0.05) is 0 Å². The number of aliphatic hydroxyl groups excluding tert-OH is 2. The van der Waals surface area contributed by atoms with E-state index in [1.807, 2.05) is 6.92 Å². The fourth-order valence-electron chi connectivity index (χ4n) is 1.51. The van der Waals surface area contributed by atoms with Gasteiger partial charge in [0.1, 0.15) is 18.1 Å². The van der Waals surface area contributed by atoms with Gasteiger partial charge in [0.15, 0.2) is 0 Å². The first-order chi connectivity index (χ1) is 7.07. The van der Waals surface area contributed by atoms with Crippen LogP contribution in [0.1, 0.15) is 13.8 Å². The summed E-state index contributed by atoms with van der Waals surface area (Å²) in [6, 6.07) is 0. The Morgan fingerprint density at radius 1 is 1.47 bits per heavy atom. The zero-order valence-electron chi connectivity index (χ0n) is 8.83. The molecule has 0 aliphatic carbocycles. The highest BCUT2D eigenvalue weighted by molar-refractivity contribution is 5.76. The summed E-state index contributed by atoms with van der Waals surface area (Å²) in [5.74, 6) is -1.42. The van der Waals surface area contributed by atoms with E-state index in [0.29, 0.717) is 0 Å². The molecule has 1 fully saturated rings. The summed E-state index contributed by atoms with van der Waals surface area (Å²) in [7, 11) is 0. The molecule has 0 saturated carbocycles. The summed E-state index contributed by atoms with van der Waals surface area (Å²) in [5.41, 5.74) is 0. The Labute approximate surface area is 88.9 Å². The average molecular weight is 212 g/mol. The standard InChI is InChI=1S/C11H16O4/c1-3-4-5-6-8(12)9-10(13)7(2)15-11(9)14/h3-10,12-13H,1-2H3/b4-3+,6-5+/t7-,8?,9+,10-/m0/s1. The molecule has 84 valence electrons. The van der Waals surface area contributed by atoms with Crippen molar-refractivity contribution < 1.29 is 19.7 Å². The maximum absolute atomic E-state index is 11.3. The predicted molar refractivity (Wildman–Crippen MR) is 55.0 cm³/mol. The fourth-order valence-corrected chi connectivity index (χ4v) is 1.51. The molecule has 4 nitrogen and oxygen atoms in total. The van der Waals surface area contributed by atoms with Crippen molar-refractivity contribution in [3.05, 3.63) is 24.3 Å². The molecule has 1 unspecified atom stereocenters. The van der Waals surface area contributed by atoms with Crippen molar-refractivity contribution in [2.45, 2.75) is 32.2 Å². The Bertz CT molecular complexity index is 282. The first-order valence-corrected chi connectivity index (χ1v) is 4.94. The Morgan fingerprint density at radius 3 is 2.60 bits per heavy atom. The van der Waals surface area contributed by atoms with Crippen LogP contribution in [0.4, 0.5) is 0 Å². The second kappa shape index (κ2) is 5.09. The number of hydrogen-bond acceptors (Lipinski definition) is 4. The van der Waals surface area contributed by atoms with Crippen LogP contribution in [0.15, 0.2) is 24.3 Å². The number of aliphatic hydroxyl groups is 2. The van der Waals surface area contributed by atoms with E-state index in [9.17, 15) is 15.0 Å². The van der Waals surface area contributed by atoms with Crippen LogP contribution in [0, 0.1) is 5.92 Å². The van der Waals surface area contributed by atoms with Crippen LogP contribution >= 0.6 is 0 Å². The number of esters is 1. The Hall–Kier alpha value is -1.13. The van der Waals surface area contributed by atoms with Crippen molar-refractivity contribution >= 4 is 5.97 Å². The van der Waals surface area contributed by atoms with Gasteiger partial charge in [-0.3, -0.25) is 4.79 Å². The highest BCUT2D eigenvalue weighted by atomic mass is 16.6. The quantitative estimate of drug-likeness (QED) is 0.525. The van der Waals surface area contributed by atoms with Crippen molar-refractivity contribution in [3.8, 4) is 0 Å². The third kappa shape index (κ3) is 2.67. The zero-order chi connectivity index (χ0) is 11.4. The molecular weight excluding hydrogens is 196 g/mol. The van der Waals surface area contributed by atoms with Crippen LogP contribution in [0.2, 0.25) is 0 Å². The fraction of sp³-hybridized carbons (Fsp3) is 0.545. The molecule has 0 spiro atoms. The van der Waals surface area contributed by atoms with Gasteiger partial charge in [-0.25, -0.2) is 0 Å². The molecular formula is C11H16O4. The third-order valence-corrected chi connectivity index (χ3v) is 2.40. The molecule has 0 aromatic rings. The maximum atomic E-state index is 11.3. The Balaban J connectivity index is 2.66. The lowest BCUT2D eigenvalue weighted by atomic mass is 9.95. The van der Waals surface area contributed by atoms with E-state index < -0.39 is 30.2 Å². The molecule has 1 rings (SSSR count). The number of rotatable bonds is 3. The van der Waals surface area contributed by atoms with Crippen LogP contribution in [0.25, 0.3) is 0 Å². The van der Waals surface area contributed by atoms with Crippen LogP contribution in [-0.2, 0) is 9.53 Å². The van der Waals surface area contributed by atoms with E-state index in [0.717, 1.165) is 0 Å². The zero-order valence-corrected chi connectivity index (χ0v) is 8.83. The molecule has 0 radical (unpaired) electrons. The number of cyclic esters (lactones) is 1. The van der Waals surface area contributed by atoms with Crippen molar-refractivity contribution in [3.63, 3.8) is 0 Å². The summed E-state index contributed by atoms with van der Waals surface area (Å²) in [4.78, 5) is 11.3. The molecule has 4 atom stereocenters. The van der Waals surface area contributed by atoms with Crippen molar-refractivity contribution in [1.29, 1.82) is 0 Å². The minimum atomic E-state index is -1.01. The third-order valence-electron chi connectivity index (χ3n) is 2.40. The van der Waals surface area contributed by atoms with Crippen molar-refractivity contribution in [2.24, 2.45) is 5.92 Å². The highest BCUT2D eigenvalue weighted by Gasteiger charge is 2.44. The minimum absolute atomic E-state index is 0.548. The molecule has 1 heterocycles. The molecule has 1 aliphatic heterocycles. The molecule has 0 amide bonds. The largest absolute Gasteiger partial charge is 0.460 e. The SMILES string of the molecule is C/C=C/C=C/C(O)[C@H]1C(=O)O[C@@H](C)[C@@H]1O. The van der Waals surface area contributed by atoms with Gasteiger partial charge in [0.05, 0.1) is 6.10 Å². The molecule has 1 saturated heterocycles. The van der Waals surface area contributed by atoms with Gasteiger partial charge in [-0.05, 0) is 13.8 Å². The Morgan fingerprint density at radius 2 is 2.13 bits per heavy atom. The number of carbonyl (C=O) groups is 1. The molecule has 15 heavy (non-hydrogen) atoms. The smallest absolute Gasteiger partial charge is 0.315 e. The Kier molecular flexibility index (Phi) is 4.05. The van der Waals surface area contributed by atoms with Gasteiger partial charge in [-0.2, -0.15) is 0 Å². The van der Waals surface area contributed by atoms with E-state index in [1.165, 1.54) is 6.08 Å². The summed E-state index contributed by atoms with van der Waals surface area (Å²) in [6.07, 6.45) is 4.14. The minimum Gasteiger partial charge on any atom is -0.460 e. The predicted octanol–water partition coefficient (Wildman–Crippen LogP) is 0.402. The number of hydrogen-bond donors (Lipinski definition) is 2. The molecule has 0 aromatic carbocycles. The summed E-state index contributed by atoms with van der Waals surface area (Å²) >= 11 is 0. The number of allylic oxidation sites excluding steroid dienone is 3. The first kappa shape index (κ1) is 11.9. The topological polar surface area (TPSA) is 66.8 Å². The second-order valence-corrected chi connectivity index (χ2v) is 3.56. The van der Waals surface area contributed by atoms with Crippen molar-refractivity contribution in [2.75, 3.05) is 0 Å². The second-order valence-electron chi connectivity index (χ2n) is 3.56. The molecule has 1 aliphatic rings. The lowest BCUT2D eigenvalue weighted by Gasteiger charge is -2.14. The average Bonchev–Trinajstić information content (AvgIpc) is 2.41. The van der Waals surface area contributed by atoms with Crippen molar-refractivity contribution in [1.82, 2.24) is 0 Å². The number of ether oxygens (including phenoxy) is 1. The van der Waals surface area contributed by atoms with Crippen LogP contribution in [0.3, 0.4) is 0 Å². The van der Waals surface area contributed by atoms with Crippen LogP contribution < -0.4 is 0 Å². The van der Waals surface area contributed by atoms with E-state index >= 15 is 0 Å². The molecule has 0 bridgehead atoms. The summed E-state index contributed by atoms with van der Waals surface area (Å²) < 4.78 is 4.81. The molecule has 2 N–H and O–H groups in total. The molecule has 4 heteroatoms. The van der Waals surface area contributed by atoms with Gasteiger partial charge in [0.2, 0.25) is 0 Å². The first-order valence-electron chi connectivity index (χ1n) is 4.94. The van der Waals surface area contributed by atoms with E-state index in [2.05, 4.69) is 0 Å². The van der Waals surface area contributed by atoms with Gasteiger partial charge in [-0.1, -0.05) is 24.3 Å². The van der Waals surface area contributed by atoms with Gasteiger partial charge in [-0.15, -0.1) is 0 Å². The van der Waals surface area contributed by atoms with Gasteiger partial charge < -0.3 is 14.9 Å². The van der Waals surface area contributed by atoms with Gasteiger partial charge >= 0.3 is 5.97 Å². The van der Waals surface area contributed by atoms with E-state index in [4.69, 9.17) is 4.74 Å². The van der Waals surface area contributed by atoms with E-state index in [-0.39, 0.29) is 0 Å². The van der Waals surface area contributed by atoms with E-state index in [1.54, 1.807) is 25.2 Å². The van der Waals surface area contributed by atoms with Gasteiger partial charge in [0.25, 0.3) is 0 Å². The monoisotopic (exact) mass is 212 g/mol. The normalized spacial score (nSPS) is 33.9. The summed E-state index contributed by atoms with van der Waals surface area (Å²) in [5, 5.41) is 19.2. The highest BCUT2D eigenvalue weighted by Crippen LogP contribution is 2.25. The number of carbonyl (C=O) groups excluding carboxylic acids is 1.